The normalized spacial score (nSPS) is 29.9. The van der Waals surface area contributed by atoms with Gasteiger partial charge in [0.2, 0.25) is 0 Å². The van der Waals surface area contributed by atoms with Crippen molar-refractivity contribution in [1.82, 2.24) is 4.90 Å². The van der Waals surface area contributed by atoms with E-state index in [2.05, 4.69) is 6.08 Å². The minimum Gasteiger partial charge on any atom is -0.449 e. The highest BCUT2D eigenvalue weighted by Gasteiger charge is 2.35. The Morgan fingerprint density at radius 2 is 2.33 bits per heavy atom. The number of carbonyl (C=O) groups is 1. The van der Waals surface area contributed by atoms with Crippen LogP contribution in [0.15, 0.2) is 24.4 Å². The SMILES string of the molecule is CCOC(=O)N1C=CC2C=CC21. The van der Waals surface area contributed by atoms with E-state index in [4.69, 9.17) is 4.74 Å². The number of nitrogens with zero attached hydrogens (tertiary/aromatic N) is 1. The molecule has 0 aromatic carbocycles. The second kappa shape index (κ2) is 2.66. The maximum Gasteiger partial charge on any atom is 0.414 e. The van der Waals surface area contributed by atoms with E-state index in [1.54, 1.807) is 11.1 Å². The molecule has 0 saturated heterocycles. The van der Waals surface area contributed by atoms with Crippen LogP contribution in [0, 0.1) is 5.92 Å². The molecule has 1 aliphatic carbocycles. The van der Waals surface area contributed by atoms with Gasteiger partial charge in [-0.2, -0.15) is 0 Å². The molecule has 0 radical (unpaired) electrons. The Hall–Kier alpha value is -1.25. The van der Waals surface area contributed by atoms with Crippen LogP contribution in [0.3, 0.4) is 0 Å². The zero-order valence-corrected chi connectivity index (χ0v) is 6.93. The van der Waals surface area contributed by atoms with Gasteiger partial charge in [-0.3, -0.25) is 4.90 Å². The van der Waals surface area contributed by atoms with Crippen molar-refractivity contribution in [3.05, 3.63) is 24.4 Å². The summed E-state index contributed by atoms with van der Waals surface area (Å²) in [7, 11) is 0. The summed E-state index contributed by atoms with van der Waals surface area (Å²) in [5.41, 5.74) is 0. The second-order valence-corrected chi connectivity index (χ2v) is 2.90. The van der Waals surface area contributed by atoms with Gasteiger partial charge in [-0.15, -0.1) is 0 Å². The lowest BCUT2D eigenvalue weighted by Crippen LogP contribution is -2.38. The standard InChI is InChI=1S/C9H11NO2/c1-2-12-9(11)10-6-5-7-3-4-8(7)10/h3-8H,2H2,1H3. The zero-order valence-electron chi connectivity index (χ0n) is 6.93. The Kier molecular flexibility index (Phi) is 1.64. The summed E-state index contributed by atoms with van der Waals surface area (Å²) in [5, 5.41) is 0. The predicted molar refractivity (Wildman–Crippen MR) is 44.4 cm³/mol. The second-order valence-electron chi connectivity index (χ2n) is 2.90. The molecule has 0 bridgehead atoms. The molecule has 0 aromatic heterocycles. The Bertz CT molecular complexity index is 257. The predicted octanol–water partition coefficient (Wildman–Crippen LogP) is 1.53. The van der Waals surface area contributed by atoms with E-state index in [0.717, 1.165) is 0 Å². The van der Waals surface area contributed by atoms with Crippen LogP contribution >= 0.6 is 0 Å². The summed E-state index contributed by atoms with van der Waals surface area (Å²) in [6.45, 7) is 2.25. The molecular weight excluding hydrogens is 154 g/mol. The molecule has 0 N–H and O–H groups in total. The van der Waals surface area contributed by atoms with Gasteiger partial charge < -0.3 is 4.74 Å². The lowest BCUT2D eigenvalue weighted by atomic mass is 9.91. The minimum atomic E-state index is -0.245. The smallest absolute Gasteiger partial charge is 0.414 e. The highest BCUT2D eigenvalue weighted by Crippen LogP contribution is 2.31. The molecule has 2 atom stereocenters. The quantitative estimate of drug-likeness (QED) is 0.551. The van der Waals surface area contributed by atoms with Crippen molar-refractivity contribution in [2.24, 2.45) is 5.92 Å². The number of ether oxygens (including phenoxy) is 1. The first-order valence-corrected chi connectivity index (χ1v) is 4.14. The summed E-state index contributed by atoms with van der Waals surface area (Å²) in [6.07, 6.45) is 7.67. The molecule has 3 nitrogen and oxygen atoms in total. The Morgan fingerprint density at radius 3 is 2.83 bits per heavy atom. The van der Waals surface area contributed by atoms with Gasteiger partial charge in [0, 0.05) is 12.1 Å². The Balaban J connectivity index is 2.01. The number of fused-ring (bicyclic) bond motifs is 1. The molecule has 3 heteroatoms. The number of amides is 1. The van der Waals surface area contributed by atoms with E-state index in [0.29, 0.717) is 12.5 Å². The third-order valence-corrected chi connectivity index (χ3v) is 2.19. The fraction of sp³-hybridized carbons (Fsp3) is 0.444. The van der Waals surface area contributed by atoms with E-state index in [1.165, 1.54) is 0 Å². The molecule has 2 rings (SSSR count). The molecule has 0 spiro atoms. The van der Waals surface area contributed by atoms with Crippen LogP contribution in [0.4, 0.5) is 4.79 Å². The maximum absolute atomic E-state index is 11.3. The van der Waals surface area contributed by atoms with Crippen LogP contribution in [-0.4, -0.2) is 23.6 Å². The average Bonchev–Trinajstić information content (AvgIpc) is 2.27. The number of carbonyl (C=O) groups excluding carboxylic acids is 1. The zero-order chi connectivity index (χ0) is 8.55. The molecule has 1 aliphatic heterocycles. The number of hydrogen-bond donors (Lipinski definition) is 0. The maximum atomic E-state index is 11.3. The van der Waals surface area contributed by atoms with Crippen LogP contribution in [0.5, 0.6) is 0 Å². The largest absolute Gasteiger partial charge is 0.449 e. The molecule has 0 fully saturated rings. The van der Waals surface area contributed by atoms with Gasteiger partial charge >= 0.3 is 6.09 Å². The molecule has 1 heterocycles. The monoisotopic (exact) mass is 165 g/mol. The third kappa shape index (κ3) is 0.932. The van der Waals surface area contributed by atoms with Gasteiger partial charge in [-0.25, -0.2) is 4.79 Å². The first-order valence-electron chi connectivity index (χ1n) is 4.14. The van der Waals surface area contributed by atoms with Crippen molar-refractivity contribution in [1.29, 1.82) is 0 Å². The summed E-state index contributed by atoms with van der Waals surface area (Å²) in [5.74, 6) is 0.425. The van der Waals surface area contributed by atoms with Gasteiger partial charge in [0.05, 0.1) is 12.6 Å². The summed E-state index contributed by atoms with van der Waals surface area (Å²) in [6, 6.07) is 0.226. The lowest BCUT2D eigenvalue weighted by Gasteiger charge is -2.28. The van der Waals surface area contributed by atoms with Crippen molar-refractivity contribution >= 4 is 6.09 Å². The van der Waals surface area contributed by atoms with Crippen molar-refractivity contribution in [2.45, 2.75) is 13.0 Å². The van der Waals surface area contributed by atoms with Crippen LogP contribution in [0.25, 0.3) is 0 Å². The van der Waals surface area contributed by atoms with Gasteiger partial charge in [-0.1, -0.05) is 18.2 Å². The van der Waals surface area contributed by atoms with E-state index >= 15 is 0 Å². The van der Waals surface area contributed by atoms with Crippen LogP contribution in [0.2, 0.25) is 0 Å². The molecule has 0 aromatic rings. The molecule has 2 unspecified atom stereocenters. The molecule has 0 saturated carbocycles. The third-order valence-electron chi connectivity index (χ3n) is 2.19. The molecular formula is C9H11NO2. The van der Waals surface area contributed by atoms with Crippen molar-refractivity contribution in [3.63, 3.8) is 0 Å². The topological polar surface area (TPSA) is 29.5 Å². The number of rotatable bonds is 1. The molecule has 2 aliphatic rings. The summed E-state index contributed by atoms with van der Waals surface area (Å²) < 4.78 is 4.88. The fourth-order valence-electron chi connectivity index (χ4n) is 1.47. The Labute approximate surface area is 71.3 Å². The summed E-state index contributed by atoms with van der Waals surface area (Å²) >= 11 is 0. The first-order chi connectivity index (χ1) is 5.83. The van der Waals surface area contributed by atoms with E-state index in [9.17, 15) is 4.79 Å². The van der Waals surface area contributed by atoms with Gasteiger partial charge in [0.25, 0.3) is 0 Å². The van der Waals surface area contributed by atoms with Gasteiger partial charge in [0.1, 0.15) is 0 Å². The lowest BCUT2D eigenvalue weighted by molar-refractivity contribution is 0.114. The van der Waals surface area contributed by atoms with Crippen molar-refractivity contribution in [2.75, 3.05) is 6.61 Å². The molecule has 1 amide bonds. The molecule has 12 heavy (non-hydrogen) atoms. The minimum absolute atomic E-state index is 0.226. The highest BCUT2D eigenvalue weighted by molar-refractivity contribution is 5.71. The van der Waals surface area contributed by atoms with Crippen LogP contribution in [0.1, 0.15) is 6.92 Å². The van der Waals surface area contributed by atoms with Crippen molar-refractivity contribution in [3.8, 4) is 0 Å². The summed E-state index contributed by atoms with van der Waals surface area (Å²) in [4.78, 5) is 12.9. The van der Waals surface area contributed by atoms with E-state index in [-0.39, 0.29) is 12.1 Å². The van der Waals surface area contributed by atoms with Gasteiger partial charge in [0.15, 0.2) is 0 Å². The highest BCUT2D eigenvalue weighted by atomic mass is 16.6. The van der Waals surface area contributed by atoms with Crippen molar-refractivity contribution < 1.29 is 9.53 Å². The van der Waals surface area contributed by atoms with Crippen LogP contribution in [-0.2, 0) is 4.74 Å². The van der Waals surface area contributed by atoms with Crippen LogP contribution < -0.4 is 0 Å². The van der Waals surface area contributed by atoms with E-state index < -0.39 is 0 Å². The average molecular weight is 165 g/mol. The number of hydrogen-bond acceptors (Lipinski definition) is 2. The fourth-order valence-corrected chi connectivity index (χ4v) is 1.47. The van der Waals surface area contributed by atoms with E-state index in [1.807, 2.05) is 19.1 Å². The van der Waals surface area contributed by atoms with Gasteiger partial charge in [-0.05, 0) is 6.92 Å². The first kappa shape index (κ1) is 7.40. The Morgan fingerprint density at radius 1 is 1.50 bits per heavy atom. The molecule has 64 valence electrons.